The van der Waals surface area contributed by atoms with Gasteiger partial charge in [0.15, 0.2) is 0 Å². The van der Waals surface area contributed by atoms with Gasteiger partial charge < -0.3 is 15.4 Å². The number of allylic oxidation sites excluding steroid dienone is 1. The minimum absolute atomic E-state index is 0.0811. The molecule has 0 spiro atoms. The fraction of sp³-hybridized carbons (Fsp3) is 0.286. The van der Waals surface area contributed by atoms with E-state index in [0.717, 1.165) is 11.6 Å². The minimum Gasteiger partial charge on any atom is -0.508 e. The Balaban J connectivity index is 3.01. The molecule has 0 saturated heterocycles. The van der Waals surface area contributed by atoms with Gasteiger partial charge in [0.25, 0.3) is 0 Å². The van der Waals surface area contributed by atoms with E-state index >= 15 is 0 Å². The van der Waals surface area contributed by atoms with Crippen LogP contribution >= 0.6 is 0 Å². The molecule has 0 amide bonds. The molecule has 0 atom stereocenters. The van der Waals surface area contributed by atoms with E-state index in [1.807, 2.05) is 13.8 Å². The Labute approximate surface area is 111 Å². The standard InChI is InChI=1S/C14H17NO4/c1-14(2,6-5-13(17)18)8-10-3-4-12(16)7-11(10)9-15-19/h3-7,9,16,19H,8H2,1-2H3,(H,17,18). The summed E-state index contributed by atoms with van der Waals surface area (Å²) in [5, 5.41) is 29.6. The number of rotatable bonds is 5. The number of nitrogens with zero attached hydrogens (tertiary/aromatic N) is 1. The van der Waals surface area contributed by atoms with E-state index in [1.165, 1.54) is 12.3 Å². The van der Waals surface area contributed by atoms with Gasteiger partial charge in [-0.3, -0.25) is 0 Å². The van der Waals surface area contributed by atoms with Crippen molar-refractivity contribution in [3.05, 3.63) is 41.5 Å². The number of oxime groups is 1. The van der Waals surface area contributed by atoms with Crippen molar-refractivity contribution in [3.8, 4) is 5.75 Å². The molecule has 0 saturated carbocycles. The summed E-state index contributed by atoms with van der Waals surface area (Å²) in [4.78, 5) is 10.5. The smallest absolute Gasteiger partial charge is 0.327 e. The van der Waals surface area contributed by atoms with E-state index in [4.69, 9.17) is 10.3 Å². The molecule has 0 heterocycles. The number of carboxylic acid groups (broad SMARTS) is 1. The van der Waals surface area contributed by atoms with Crippen LogP contribution in [0.5, 0.6) is 5.75 Å². The number of aromatic hydroxyl groups is 1. The third kappa shape index (κ3) is 4.83. The Morgan fingerprint density at radius 2 is 2.11 bits per heavy atom. The van der Waals surface area contributed by atoms with Crippen LogP contribution < -0.4 is 0 Å². The fourth-order valence-corrected chi connectivity index (χ4v) is 1.77. The highest BCUT2D eigenvalue weighted by molar-refractivity contribution is 5.82. The summed E-state index contributed by atoms with van der Waals surface area (Å²) < 4.78 is 0. The Hall–Kier alpha value is -2.30. The maximum Gasteiger partial charge on any atom is 0.327 e. The first-order valence-corrected chi connectivity index (χ1v) is 5.75. The molecule has 1 aromatic carbocycles. The van der Waals surface area contributed by atoms with Crippen LogP contribution in [0.1, 0.15) is 25.0 Å². The molecule has 19 heavy (non-hydrogen) atoms. The van der Waals surface area contributed by atoms with Crippen molar-refractivity contribution in [2.75, 3.05) is 0 Å². The van der Waals surface area contributed by atoms with Gasteiger partial charge in [-0.25, -0.2) is 4.79 Å². The molecule has 3 N–H and O–H groups in total. The average Bonchev–Trinajstić information content (AvgIpc) is 2.31. The highest BCUT2D eigenvalue weighted by Crippen LogP contribution is 2.26. The van der Waals surface area contributed by atoms with E-state index in [1.54, 1.807) is 18.2 Å². The third-order valence-corrected chi connectivity index (χ3v) is 2.65. The van der Waals surface area contributed by atoms with Crippen LogP contribution in [0.3, 0.4) is 0 Å². The molecular formula is C14H17NO4. The SMILES string of the molecule is CC(C)(C=CC(=O)O)Cc1ccc(O)cc1C=NO. The molecule has 1 aromatic rings. The minimum atomic E-state index is -0.990. The average molecular weight is 263 g/mol. The van der Waals surface area contributed by atoms with E-state index in [-0.39, 0.29) is 11.2 Å². The molecule has 5 heteroatoms. The maximum atomic E-state index is 10.5. The molecule has 1 rings (SSSR count). The summed E-state index contributed by atoms with van der Waals surface area (Å²) >= 11 is 0. The van der Waals surface area contributed by atoms with Crippen LogP contribution in [-0.4, -0.2) is 27.6 Å². The number of benzene rings is 1. The van der Waals surface area contributed by atoms with Crippen LogP contribution in [0.2, 0.25) is 0 Å². The Bertz CT molecular complexity index is 518. The molecule has 0 radical (unpaired) electrons. The summed E-state index contributed by atoms with van der Waals surface area (Å²) in [7, 11) is 0. The monoisotopic (exact) mass is 263 g/mol. The van der Waals surface area contributed by atoms with Gasteiger partial charge in [-0.15, -0.1) is 0 Å². The van der Waals surface area contributed by atoms with Gasteiger partial charge in [-0.05, 0) is 29.5 Å². The topological polar surface area (TPSA) is 90.1 Å². The highest BCUT2D eigenvalue weighted by atomic mass is 16.4. The van der Waals surface area contributed by atoms with Gasteiger partial charge in [0.2, 0.25) is 0 Å². The molecule has 5 nitrogen and oxygen atoms in total. The first-order valence-electron chi connectivity index (χ1n) is 5.75. The highest BCUT2D eigenvalue weighted by Gasteiger charge is 2.17. The second-order valence-electron chi connectivity index (χ2n) is 4.96. The Morgan fingerprint density at radius 3 is 2.68 bits per heavy atom. The van der Waals surface area contributed by atoms with Crippen molar-refractivity contribution in [2.45, 2.75) is 20.3 Å². The van der Waals surface area contributed by atoms with Crippen molar-refractivity contribution < 1.29 is 20.2 Å². The van der Waals surface area contributed by atoms with Crippen LogP contribution in [-0.2, 0) is 11.2 Å². The Kier molecular flexibility index (Phi) is 4.69. The molecule has 0 aliphatic heterocycles. The van der Waals surface area contributed by atoms with Gasteiger partial charge in [0, 0.05) is 11.6 Å². The lowest BCUT2D eigenvalue weighted by atomic mass is 9.84. The van der Waals surface area contributed by atoms with Gasteiger partial charge >= 0.3 is 5.97 Å². The second kappa shape index (κ2) is 6.04. The van der Waals surface area contributed by atoms with Crippen LogP contribution in [0.25, 0.3) is 0 Å². The van der Waals surface area contributed by atoms with E-state index in [0.29, 0.717) is 12.0 Å². The number of aliphatic carboxylic acids is 1. The van der Waals surface area contributed by atoms with Crippen LogP contribution in [0, 0.1) is 5.41 Å². The molecule has 102 valence electrons. The number of carboxylic acids is 1. The second-order valence-corrected chi connectivity index (χ2v) is 4.96. The zero-order valence-corrected chi connectivity index (χ0v) is 10.9. The van der Waals surface area contributed by atoms with Crippen molar-refractivity contribution in [1.82, 2.24) is 0 Å². The van der Waals surface area contributed by atoms with E-state index < -0.39 is 5.97 Å². The fourth-order valence-electron chi connectivity index (χ4n) is 1.77. The summed E-state index contributed by atoms with van der Waals surface area (Å²) in [5.41, 5.74) is 1.09. The van der Waals surface area contributed by atoms with Gasteiger partial charge in [0.05, 0.1) is 6.21 Å². The number of phenolic OH excluding ortho intramolecular Hbond substituents is 1. The first kappa shape index (κ1) is 14.8. The molecule has 0 unspecified atom stereocenters. The zero-order valence-electron chi connectivity index (χ0n) is 10.9. The summed E-state index contributed by atoms with van der Waals surface area (Å²) in [6, 6.07) is 4.76. The van der Waals surface area contributed by atoms with E-state index in [2.05, 4.69) is 5.16 Å². The lowest BCUT2D eigenvalue weighted by molar-refractivity contribution is -0.131. The number of phenols is 1. The number of hydrogen-bond acceptors (Lipinski definition) is 4. The zero-order chi connectivity index (χ0) is 14.5. The molecule has 0 bridgehead atoms. The van der Waals surface area contributed by atoms with E-state index in [9.17, 15) is 9.90 Å². The molecule has 0 aliphatic carbocycles. The van der Waals surface area contributed by atoms with Gasteiger partial charge in [-0.2, -0.15) is 0 Å². The predicted molar refractivity (Wildman–Crippen MR) is 71.7 cm³/mol. The lowest BCUT2D eigenvalue weighted by Crippen LogP contribution is -2.13. The summed E-state index contributed by atoms with van der Waals surface area (Å²) in [5.74, 6) is -0.909. The summed E-state index contributed by atoms with van der Waals surface area (Å²) in [6.45, 7) is 3.80. The van der Waals surface area contributed by atoms with Gasteiger partial charge in [0.1, 0.15) is 5.75 Å². The quantitative estimate of drug-likeness (QED) is 0.329. The van der Waals surface area contributed by atoms with Crippen molar-refractivity contribution >= 4 is 12.2 Å². The normalized spacial score (nSPS) is 12.3. The molecule has 0 aromatic heterocycles. The molecular weight excluding hydrogens is 246 g/mol. The van der Waals surface area contributed by atoms with Crippen molar-refractivity contribution in [3.63, 3.8) is 0 Å². The number of carbonyl (C=O) groups is 1. The predicted octanol–water partition coefficient (Wildman–Crippen LogP) is 2.41. The molecule has 0 aliphatic rings. The third-order valence-electron chi connectivity index (χ3n) is 2.65. The van der Waals surface area contributed by atoms with Gasteiger partial charge in [-0.1, -0.05) is 31.1 Å². The lowest BCUT2D eigenvalue weighted by Gasteiger charge is -2.21. The molecule has 0 fully saturated rings. The summed E-state index contributed by atoms with van der Waals surface area (Å²) in [6.07, 6.45) is 4.52. The van der Waals surface area contributed by atoms with Crippen LogP contribution in [0.15, 0.2) is 35.5 Å². The number of hydrogen-bond donors (Lipinski definition) is 3. The van der Waals surface area contributed by atoms with Crippen molar-refractivity contribution in [2.24, 2.45) is 10.6 Å². The van der Waals surface area contributed by atoms with Crippen molar-refractivity contribution in [1.29, 1.82) is 0 Å². The maximum absolute atomic E-state index is 10.5. The Morgan fingerprint density at radius 1 is 1.42 bits per heavy atom. The first-order chi connectivity index (χ1) is 8.84. The van der Waals surface area contributed by atoms with Crippen LogP contribution in [0.4, 0.5) is 0 Å². The largest absolute Gasteiger partial charge is 0.508 e.